The van der Waals surface area contributed by atoms with Gasteiger partial charge in [-0.15, -0.1) is 0 Å². The summed E-state index contributed by atoms with van der Waals surface area (Å²) >= 11 is 8.16. The quantitative estimate of drug-likeness (QED) is 0.222. The number of carbonyl (C=O) groups excluding carboxylic acids is 1. The predicted octanol–water partition coefficient (Wildman–Crippen LogP) is 5.53. The number of thioether (sulfide) groups is 1. The van der Waals surface area contributed by atoms with Crippen molar-refractivity contribution in [3.63, 3.8) is 0 Å². The Kier molecular flexibility index (Phi) is 6.77. The Hall–Kier alpha value is -1.69. The van der Waals surface area contributed by atoms with Gasteiger partial charge in [0.1, 0.15) is 0 Å². The molecule has 3 nitrogen and oxygen atoms in total. The minimum absolute atomic E-state index is 0.338. The van der Waals surface area contributed by atoms with Gasteiger partial charge < -0.3 is 4.18 Å². The second kappa shape index (κ2) is 8.82. The molecule has 2 rings (SSSR count). The van der Waals surface area contributed by atoms with Gasteiger partial charge in [0.15, 0.2) is 6.40 Å². The van der Waals surface area contributed by atoms with Crippen LogP contribution in [0.2, 0.25) is 5.02 Å². The smallest absolute Gasteiger partial charge is 0.285 e. The topological polar surface area (TPSA) is 38.7 Å². The lowest BCUT2D eigenvalue weighted by atomic mass is 10.2. The number of amides is 1. The van der Waals surface area contributed by atoms with E-state index in [9.17, 15) is 4.79 Å². The van der Waals surface area contributed by atoms with Crippen LogP contribution in [-0.4, -0.2) is 12.3 Å². The van der Waals surface area contributed by atoms with Crippen molar-refractivity contribution in [1.29, 1.82) is 0 Å². The number of hydrogen-bond donors (Lipinski definition) is 0. The molecule has 0 aromatic heterocycles. The van der Waals surface area contributed by atoms with Gasteiger partial charge in [0, 0.05) is 14.8 Å². The fourth-order valence-corrected chi connectivity index (χ4v) is 2.77. The summed E-state index contributed by atoms with van der Waals surface area (Å²) < 4.78 is 5.16. The first-order chi connectivity index (χ1) is 11.0. The summed E-state index contributed by atoms with van der Waals surface area (Å²) in [6.45, 7) is 5.75. The minimum Gasteiger partial charge on any atom is -0.408 e. The van der Waals surface area contributed by atoms with Crippen LogP contribution < -0.4 is 0 Å². The first kappa shape index (κ1) is 17.7. The maximum atomic E-state index is 11.8. The fourth-order valence-electron chi connectivity index (χ4n) is 1.50. The monoisotopic (exact) mass is 363 g/mol. The number of hydrogen-bond acceptors (Lipinski definition) is 4. The summed E-state index contributed by atoms with van der Waals surface area (Å²) in [6, 6.07) is 15.0. The highest BCUT2D eigenvalue weighted by atomic mass is 35.5. The van der Waals surface area contributed by atoms with E-state index in [2.05, 4.69) is 11.6 Å². The number of benzene rings is 2. The molecule has 0 heterocycles. The van der Waals surface area contributed by atoms with E-state index in [1.807, 2.05) is 43.3 Å². The summed E-state index contributed by atoms with van der Waals surface area (Å²) in [6.07, 6.45) is 1.11. The lowest BCUT2D eigenvalue weighted by molar-refractivity contribution is -0.113. The molecule has 0 bridgehead atoms. The van der Waals surface area contributed by atoms with E-state index in [1.54, 1.807) is 12.1 Å². The van der Waals surface area contributed by atoms with Crippen molar-refractivity contribution >= 4 is 47.7 Å². The van der Waals surface area contributed by atoms with Crippen molar-refractivity contribution in [1.82, 2.24) is 0 Å². The van der Waals surface area contributed by atoms with E-state index in [0.717, 1.165) is 33.8 Å². The maximum absolute atomic E-state index is 11.8. The fraction of sp³-hybridized carbons (Fsp3) is 0.0588. The van der Waals surface area contributed by atoms with Crippen LogP contribution in [0.5, 0.6) is 0 Å². The van der Waals surface area contributed by atoms with Crippen LogP contribution in [0, 0.1) is 6.92 Å². The van der Waals surface area contributed by atoms with Crippen LogP contribution in [-0.2, 0) is 8.98 Å². The summed E-state index contributed by atoms with van der Waals surface area (Å²) in [7, 11) is 0. The molecule has 0 aliphatic carbocycles. The Bertz CT molecular complexity index is 712. The first-order valence-electron chi connectivity index (χ1n) is 6.64. The molecule has 2 aromatic carbocycles. The molecule has 0 aliphatic rings. The molecule has 0 saturated carbocycles. The number of rotatable bonds is 6. The summed E-state index contributed by atoms with van der Waals surface area (Å²) in [4.78, 5) is 17.7. The summed E-state index contributed by atoms with van der Waals surface area (Å²) in [5.74, 6) is -0.424. The van der Waals surface area contributed by atoms with Gasteiger partial charge in [0.25, 0.3) is 5.91 Å². The van der Waals surface area contributed by atoms with Crippen molar-refractivity contribution < 1.29 is 8.98 Å². The maximum Gasteiger partial charge on any atom is 0.285 e. The average molecular weight is 364 g/mol. The first-order valence-corrected chi connectivity index (χ1v) is 8.57. The van der Waals surface area contributed by atoms with Crippen molar-refractivity contribution in [3.05, 3.63) is 70.6 Å². The molecule has 2 aromatic rings. The zero-order valence-electron chi connectivity index (χ0n) is 12.4. The molecule has 0 N–H and O–H groups in total. The van der Waals surface area contributed by atoms with E-state index < -0.39 is 5.91 Å². The van der Waals surface area contributed by atoms with Gasteiger partial charge in [0.05, 0.1) is 16.9 Å². The lowest BCUT2D eigenvalue weighted by Crippen LogP contribution is -1.95. The van der Waals surface area contributed by atoms with Crippen LogP contribution in [0.25, 0.3) is 0 Å². The minimum atomic E-state index is -0.424. The zero-order chi connectivity index (χ0) is 16.7. The van der Waals surface area contributed by atoms with Crippen molar-refractivity contribution in [3.8, 4) is 0 Å². The standard InChI is InChI=1S/C17H14ClNO2S2/c1-12-3-7-15(8-4-12)22-13(2)17(20)19-11-21-23-16-9-5-14(18)6-10-16/h3-11H,2H2,1H3. The molecule has 23 heavy (non-hydrogen) atoms. The van der Waals surface area contributed by atoms with Gasteiger partial charge in [-0.1, -0.05) is 47.6 Å². The summed E-state index contributed by atoms with van der Waals surface area (Å²) in [5, 5.41) is 0.655. The van der Waals surface area contributed by atoms with Gasteiger partial charge in [-0.2, -0.15) is 4.99 Å². The van der Waals surface area contributed by atoms with E-state index in [1.165, 1.54) is 11.8 Å². The van der Waals surface area contributed by atoms with E-state index in [4.69, 9.17) is 15.8 Å². The van der Waals surface area contributed by atoms with Crippen LogP contribution in [0.1, 0.15) is 5.56 Å². The average Bonchev–Trinajstić information content (AvgIpc) is 2.55. The molecule has 0 atom stereocenters. The van der Waals surface area contributed by atoms with Crippen LogP contribution in [0.3, 0.4) is 0 Å². The third-order valence-corrected chi connectivity index (χ3v) is 4.50. The second-order valence-corrected chi connectivity index (χ2v) is 6.95. The predicted molar refractivity (Wildman–Crippen MR) is 98.1 cm³/mol. The SMILES string of the molecule is C=C(Sc1ccc(C)cc1)C(=O)N=COSc1ccc(Cl)cc1. The van der Waals surface area contributed by atoms with E-state index in [-0.39, 0.29) is 0 Å². The lowest BCUT2D eigenvalue weighted by Gasteiger charge is -2.02. The number of halogens is 1. The molecule has 0 aliphatic heterocycles. The Balaban J connectivity index is 1.79. The van der Waals surface area contributed by atoms with Gasteiger partial charge in [-0.3, -0.25) is 4.79 Å². The van der Waals surface area contributed by atoms with E-state index in [0.29, 0.717) is 9.93 Å². The molecule has 0 spiro atoms. The number of aryl methyl sites for hydroxylation is 1. The molecule has 118 valence electrons. The largest absolute Gasteiger partial charge is 0.408 e. The molecule has 0 saturated heterocycles. The van der Waals surface area contributed by atoms with Gasteiger partial charge >= 0.3 is 0 Å². The highest BCUT2D eigenvalue weighted by Crippen LogP contribution is 2.26. The number of aliphatic imine (C=N–C) groups is 1. The van der Waals surface area contributed by atoms with Crippen molar-refractivity contribution in [2.45, 2.75) is 16.7 Å². The van der Waals surface area contributed by atoms with Crippen LogP contribution in [0.4, 0.5) is 0 Å². The zero-order valence-corrected chi connectivity index (χ0v) is 14.8. The molecule has 1 amide bonds. The molecule has 0 fully saturated rings. The highest BCUT2D eigenvalue weighted by molar-refractivity contribution is 8.04. The summed E-state index contributed by atoms with van der Waals surface area (Å²) in [5.41, 5.74) is 1.16. The van der Waals surface area contributed by atoms with Gasteiger partial charge in [-0.05, 0) is 43.3 Å². The third kappa shape index (κ3) is 6.14. The van der Waals surface area contributed by atoms with Crippen molar-refractivity contribution in [2.75, 3.05) is 0 Å². The Morgan fingerprint density at radius 1 is 1.13 bits per heavy atom. The Morgan fingerprint density at radius 2 is 1.74 bits per heavy atom. The normalized spacial score (nSPS) is 10.7. The molecular weight excluding hydrogens is 350 g/mol. The van der Waals surface area contributed by atoms with Crippen LogP contribution in [0.15, 0.2) is 74.8 Å². The van der Waals surface area contributed by atoms with Crippen molar-refractivity contribution in [2.24, 2.45) is 4.99 Å². The third-order valence-electron chi connectivity index (χ3n) is 2.67. The highest BCUT2D eigenvalue weighted by Gasteiger charge is 2.07. The number of nitrogens with zero attached hydrogens (tertiary/aromatic N) is 1. The van der Waals surface area contributed by atoms with Gasteiger partial charge in [-0.25, -0.2) is 0 Å². The molecule has 0 radical (unpaired) electrons. The molecule has 0 unspecified atom stereocenters. The number of carbonyl (C=O) groups is 1. The Morgan fingerprint density at radius 3 is 2.39 bits per heavy atom. The van der Waals surface area contributed by atoms with E-state index >= 15 is 0 Å². The van der Waals surface area contributed by atoms with Crippen LogP contribution >= 0.6 is 35.4 Å². The second-order valence-electron chi connectivity index (χ2n) is 4.51. The van der Waals surface area contributed by atoms with Gasteiger partial charge in [0.2, 0.25) is 0 Å². The Labute approximate surface area is 149 Å². The molecule has 6 heteroatoms. The molecular formula is C17H14ClNO2S2.